The number of nitrogens with one attached hydrogen (secondary N) is 3. The number of hydrogen-bond donors (Lipinski definition) is 3. The number of anilines is 1. The maximum atomic E-state index is 12.8. The van der Waals surface area contributed by atoms with Gasteiger partial charge in [0.05, 0.1) is 30.6 Å². The van der Waals surface area contributed by atoms with E-state index in [4.69, 9.17) is 17.0 Å². The third-order valence-corrected chi connectivity index (χ3v) is 7.54. The summed E-state index contributed by atoms with van der Waals surface area (Å²) in [5.41, 5.74) is 4.97. The van der Waals surface area contributed by atoms with Crippen LogP contribution in [0.5, 0.6) is 5.75 Å². The molecule has 3 aromatic rings. The molecule has 0 unspecified atom stereocenters. The molecule has 3 heterocycles. The molecule has 2 aromatic heterocycles. The number of nitrogens with zero attached hydrogens (tertiary/aromatic N) is 2. The number of halogens is 1. The number of thiocarbonyl (C=S) groups is 1. The Morgan fingerprint density at radius 1 is 1.21 bits per heavy atom. The zero-order valence-electron chi connectivity index (χ0n) is 18.7. The highest BCUT2D eigenvalue weighted by Gasteiger charge is 2.42. The first-order valence-electron chi connectivity index (χ1n) is 10.7. The van der Waals surface area contributed by atoms with Gasteiger partial charge < -0.3 is 25.3 Å². The number of para-hydroxylation sites is 2. The minimum absolute atomic E-state index is 0.0803. The van der Waals surface area contributed by atoms with Crippen molar-refractivity contribution < 1.29 is 9.53 Å². The molecule has 172 valence electrons. The van der Waals surface area contributed by atoms with E-state index in [2.05, 4.69) is 61.9 Å². The van der Waals surface area contributed by atoms with E-state index >= 15 is 0 Å². The number of aromatic amines is 1. The molecule has 0 saturated carbocycles. The number of aryl methyl sites for hydroxylation is 2. The van der Waals surface area contributed by atoms with Crippen LogP contribution in [0.3, 0.4) is 0 Å². The topological polar surface area (TPSA) is 82.3 Å². The summed E-state index contributed by atoms with van der Waals surface area (Å²) in [6.45, 7) is 4.62. The molecule has 1 saturated heterocycles. The van der Waals surface area contributed by atoms with Gasteiger partial charge in [-0.25, -0.2) is 0 Å². The Labute approximate surface area is 212 Å². The van der Waals surface area contributed by atoms with Crippen molar-refractivity contribution in [1.82, 2.24) is 20.2 Å². The average Bonchev–Trinajstić information content (AvgIpc) is 3.27. The van der Waals surface area contributed by atoms with Crippen LogP contribution in [0.2, 0.25) is 0 Å². The number of benzene rings is 1. The third-order valence-electron chi connectivity index (χ3n) is 5.80. The summed E-state index contributed by atoms with van der Waals surface area (Å²) in [5, 5.41) is 7.02. The Kier molecular flexibility index (Phi) is 7.18. The first kappa shape index (κ1) is 23.5. The van der Waals surface area contributed by atoms with Crippen LogP contribution in [-0.4, -0.2) is 39.5 Å². The molecule has 0 bridgehead atoms. The Morgan fingerprint density at radius 2 is 1.97 bits per heavy atom. The number of amides is 1. The molecule has 33 heavy (non-hydrogen) atoms. The third kappa shape index (κ3) is 4.84. The van der Waals surface area contributed by atoms with E-state index in [0.29, 0.717) is 23.1 Å². The molecule has 1 aliphatic rings. The van der Waals surface area contributed by atoms with Crippen LogP contribution >= 0.6 is 34.8 Å². The predicted molar refractivity (Wildman–Crippen MR) is 141 cm³/mol. The zero-order valence-corrected chi connectivity index (χ0v) is 21.7. The summed E-state index contributed by atoms with van der Waals surface area (Å²) < 4.78 is 6.51. The molecule has 9 heteroatoms. The van der Waals surface area contributed by atoms with E-state index in [0.717, 1.165) is 17.1 Å². The average molecular weight is 575 g/mol. The molecule has 2 atom stereocenters. The molecule has 1 aliphatic heterocycles. The van der Waals surface area contributed by atoms with E-state index in [1.165, 1.54) is 9.13 Å². The van der Waals surface area contributed by atoms with Gasteiger partial charge in [0, 0.05) is 39.7 Å². The fraction of sp³-hybridized carbons (Fsp3) is 0.292. The molecule has 0 radical (unpaired) electrons. The van der Waals surface area contributed by atoms with Crippen molar-refractivity contribution >= 4 is 51.5 Å². The number of rotatable bonds is 7. The summed E-state index contributed by atoms with van der Waals surface area (Å²) >= 11 is 8.12. The molecule has 7 nitrogen and oxygen atoms in total. The molecule has 0 aliphatic carbocycles. The number of aromatic nitrogens is 2. The quantitative estimate of drug-likeness (QED) is 0.282. The fourth-order valence-corrected chi connectivity index (χ4v) is 5.45. The van der Waals surface area contributed by atoms with Crippen LogP contribution in [0.4, 0.5) is 5.69 Å². The minimum atomic E-state index is -0.113. The molecule has 1 aromatic carbocycles. The number of carbonyl (C=O) groups is 1. The Bertz CT molecular complexity index is 1170. The number of pyridine rings is 1. The van der Waals surface area contributed by atoms with Crippen molar-refractivity contribution in [2.45, 2.75) is 32.4 Å². The lowest BCUT2D eigenvalue weighted by Crippen LogP contribution is -2.33. The van der Waals surface area contributed by atoms with Gasteiger partial charge in [-0.3, -0.25) is 9.78 Å². The monoisotopic (exact) mass is 575 g/mol. The van der Waals surface area contributed by atoms with E-state index in [-0.39, 0.29) is 24.4 Å². The van der Waals surface area contributed by atoms with Gasteiger partial charge in [0.1, 0.15) is 5.75 Å². The number of carbonyl (C=O) groups excluding carboxylic acids is 1. The Balaban J connectivity index is 1.59. The first-order valence-corrected chi connectivity index (χ1v) is 12.1. The van der Waals surface area contributed by atoms with Crippen LogP contribution in [0, 0.1) is 17.4 Å². The maximum Gasteiger partial charge on any atom is 0.226 e. The zero-order chi connectivity index (χ0) is 23.5. The van der Waals surface area contributed by atoms with Crippen molar-refractivity contribution in [3.63, 3.8) is 0 Å². The van der Waals surface area contributed by atoms with Gasteiger partial charge in [-0.15, -0.1) is 0 Å². The van der Waals surface area contributed by atoms with Crippen molar-refractivity contribution in [3.8, 4) is 5.75 Å². The summed E-state index contributed by atoms with van der Waals surface area (Å²) in [4.78, 5) is 22.9. The molecular formula is C24H26IN5O2S. The number of methoxy groups -OCH3 is 1. The Hall–Kier alpha value is -2.66. The molecule has 3 N–H and O–H groups in total. The lowest BCUT2D eigenvalue weighted by Gasteiger charge is -2.28. The van der Waals surface area contributed by atoms with E-state index in [1.54, 1.807) is 13.3 Å². The minimum Gasteiger partial charge on any atom is -0.495 e. The molecular weight excluding hydrogens is 549 g/mol. The highest BCUT2D eigenvalue weighted by Crippen LogP contribution is 2.42. The van der Waals surface area contributed by atoms with E-state index in [1.807, 2.05) is 42.5 Å². The van der Waals surface area contributed by atoms with Crippen LogP contribution in [0.25, 0.3) is 0 Å². The van der Waals surface area contributed by atoms with Gasteiger partial charge in [0.15, 0.2) is 5.11 Å². The van der Waals surface area contributed by atoms with Crippen molar-refractivity contribution in [1.29, 1.82) is 0 Å². The molecule has 0 spiro atoms. The van der Waals surface area contributed by atoms with Gasteiger partial charge in [-0.2, -0.15) is 0 Å². The second kappa shape index (κ2) is 10.1. The summed E-state index contributed by atoms with van der Waals surface area (Å²) in [6.07, 6.45) is 2.07. The van der Waals surface area contributed by atoms with Gasteiger partial charge in [-0.1, -0.05) is 18.2 Å². The summed E-state index contributed by atoms with van der Waals surface area (Å²) in [7, 11) is 1.59. The predicted octanol–water partition coefficient (Wildman–Crippen LogP) is 4.64. The molecule has 1 fully saturated rings. The first-order chi connectivity index (χ1) is 15.9. The fourth-order valence-electron chi connectivity index (χ4n) is 4.26. The van der Waals surface area contributed by atoms with Crippen LogP contribution in [0.1, 0.15) is 41.1 Å². The molecule has 1 amide bonds. The van der Waals surface area contributed by atoms with Crippen molar-refractivity contribution in [2.24, 2.45) is 0 Å². The largest absolute Gasteiger partial charge is 0.495 e. The second-order valence-electron chi connectivity index (χ2n) is 7.92. The van der Waals surface area contributed by atoms with Gasteiger partial charge in [-0.05, 0) is 72.9 Å². The highest BCUT2D eigenvalue weighted by atomic mass is 127. The normalized spacial score (nSPS) is 17.7. The SMILES string of the molecule is COc1ccccc1NC(=O)CCN1C(=S)N[C@@H](c2ccccn2)[C@@H]1c1c(C)[nH]c(C)c1I. The van der Waals surface area contributed by atoms with Crippen molar-refractivity contribution in [2.75, 3.05) is 19.0 Å². The second-order valence-corrected chi connectivity index (χ2v) is 9.39. The summed E-state index contributed by atoms with van der Waals surface area (Å²) in [5.74, 6) is 0.532. The van der Waals surface area contributed by atoms with E-state index < -0.39 is 0 Å². The Morgan fingerprint density at radius 3 is 2.64 bits per heavy atom. The lowest BCUT2D eigenvalue weighted by atomic mass is 9.96. The van der Waals surface area contributed by atoms with Crippen LogP contribution in [0.15, 0.2) is 48.7 Å². The van der Waals surface area contributed by atoms with Crippen LogP contribution < -0.4 is 15.4 Å². The van der Waals surface area contributed by atoms with Crippen LogP contribution in [-0.2, 0) is 4.79 Å². The lowest BCUT2D eigenvalue weighted by molar-refractivity contribution is -0.116. The number of hydrogen-bond acceptors (Lipinski definition) is 4. The highest BCUT2D eigenvalue weighted by molar-refractivity contribution is 14.1. The van der Waals surface area contributed by atoms with Gasteiger partial charge >= 0.3 is 0 Å². The van der Waals surface area contributed by atoms with Gasteiger partial charge in [0.25, 0.3) is 0 Å². The maximum absolute atomic E-state index is 12.8. The van der Waals surface area contributed by atoms with Gasteiger partial charge in [0.2, 0.25) is 5.91 Å². The standard InChI is InChI=1S/C24H26IN5O2S/c1-14-20(21(25)15(2)27-14)23-22(17-9-6-7-12-26-17)29-24(33)30(23)13-11-19(31)28-16-8-4-5-10-18(16)32-3/h4-10,12,22-23,27H,11,13H2,1-3H3,(H,28,31)(H,29,33)/t22-,23-/m0/s1. The van der Waals surface area contributed by atoms with E-state index in [9.17, 15) is 4.79 Å². The van der Waals surface area contributed by atoms with Crippen molar-refractivity contribution in [3.05, 3.63) is 74.9 Å². The number of H-pyrrole nitrogens is 1. The molecule has 4 rings (SSSR count). The smallest absolute Gasteiger partial charge is 0.226 e. The summed E-state index contributed by atoms with van der Waals surface area (Å²) in [6, 6.07) is 13.1. The number of ether oxygens (including phenoxy) is 1.